The predicted octanol–water partition coefficient (Wildman–Crippen LogP) is 2.55. The maximum atomic E-state index is 5.55. The van der Waals surface area contributed by atoms with Crippen LogP contribution in [0.3, 0.4) is 0 Å². The van der Waals surface area contributed by atoms with E-state index in [0.29, 0.717) is 17.9 Å². The predicted molar refractivity (Wildman–Crippen MR) is 59.2 cm³/mol. The lowest BCUT2D eigenvalue weighted by molar-refractivity contribution is 0.275. The van der Waals surface area contributed by atoms with Crippen LogP contribution in [0.5, 0.6) is 0 Å². The Hall–Kier alpha value is -0.0800. The highest BCUT2D eigenvalue weighted by molar-refractivity contribution is 4.73. The summed E-state index contributed by atoms with van der Waals surface area (Å²) in [5.74, 6) is 7.68. The van der Waals surface area contributed by atoms with Crippen LogP contribution in [0.4, 0.5) is 0 Å². The molecule has 2 unspecified atom stereocenters. The Kier molecular flexibility index (Phi) is 6.35. The average molecular weight is 186 g/mol. The third-order valence-electron chi connectivity index (χ3n) is 2.96. The van der Waals surface area contributed by atoms with Crippen molar-refractivity contribution in [1.29, 1.82) is 0 Å². The molecule has 2 atom stereocenters. The van der Waals surface area contributed by atoms with E-state index < -0.39 is 0 Å². The molecule has 0 bridgehead atoms. The third-order valence-corrected chi connectivity index (χ3v) is 2.96. The smallest absolute Gasteiger partial charge is 0.0238 e. The Morgan fingerprint density at radius 1 is 1.00 bits per heavy atom. The summed E-state index contributed by atoms with van der Waals surface area (Å²) >= 11 is 0. The van der Waals surface area contributed by atoms with Gasteiger partial charge in [0.2, 0.25) is 0 Å². The van der Waals surface area contributed by atoms with Crippen molar-refractivity contribution in [1.82, 2.24) is 5.43 Å². The van der Waals surface area contributed by atoms with Gasteiger partial charge in [0, 0.05) is 6.04 Å². The lowest BCUT2D eigenvalue weighted by Gasteiger charge is -2.26. The fraction of sp³-hybridized carbons (Fsp3) is 1.00. The van der Waals surface area contributed by atoms with E-state index >= 15 is 0 Å². The van der Waals surface area contributed by atoms with Gasteiger partial charge in [-0.15, -0.1) is 0 Å². The van der Waals surface area contributed by atoms with Crippen LogP contribution in [0, 0.1) is 17.8 Å². The molecular weight excluding hydrogens is 160 g/mol. The van der Waals surface area contributed by atoms with E-state index in [1.807, 2.05) is 0 Å². The molecular formula is C11H26N2. The fourth-order valence-electron chi connectivity index (χ4n) is 1.48. The van der Waals surface area contributed by atoms with Crippen LogP contribution < -0.4 is 11.3 Å². The van der Waals surface area contributed by atoms with E-state index in [1.54, 1.807) is 0 Å². The van der Waals surface area contributed by atoms with Crippen LogP contribution in [0.1, 0.15) is 47.5 Å². The Balaban J connectivity index is 3.87. The normalized spacial score (nSPS) is 16.6. The van der Waals surface area contributed by atoms with E-state index in [1.165, 1.54) is 12.8 Å². The number of hydrogen-bond donors (Lipinski definition) is 2. The summed E-state index contributed by atoms with van der Waals surface area (Å²) in [6, 6.07) is 0.474. The number of hydrogen-bond acceptors (Lipinski definition) is 2. The molecule has 2 heteroatoms. The molecule has 0 aliphatic rings. The number of nitrogens with one attached hydrogen (secondary N) is 1. The molecule has 0 aromatic rings. The fourth-order valence-corrected chi connectivity index (χ4v) is 1.48. The van der Waals surface area contributed by atoms with Crippen LogP contribution in [0.25, 0.3) is 0 Å². The van der Waals surface area contributed by atoms with E-state index in [9.17, 15) is 0 Å². The van der Waals surface area contributed by atoms with Crippen molar-refractivity contribution in [3.63, 3.8) is 0 Å². The molecule has 0 amide bonds. The van der Waals surface area contributed by atoms with Gasteiger partial charge < -0.3 is 0 Å². The molecule has 0 heterocycles. The van der Waals surface area contributed by atoms with Gasteiger partial charge in [-0.25, -0.2) is 0 Å². The van der Waals surface area contributed by atoms with Crippen LogP contribution in [-0.2, 0) is 0 Å². The van der Waals surface area contributed by atoms with Gasteiger partial charge in [-0.2, -0.15) is 0 Å². The summed E-state index contributed by atoms with van der Waals surface area (Å²) in [4.78, 5) is 0. The summed E-state index contributed by atoms with van der Waals surface area (Å²) in [6.07, 6.45) is 2.44. The maximum Gasteiger partial charge on any atom is 0.0238 e. The van der Waals surface area contributed by atoms with E-state index in [0.717, 1.165) is 5.92 Å². The van der Waals surface area contributed by atoms with Gasteiger partial charge in [-0.05, 0) is 30.6 Å². The molecule has 0 aliphatic heterocycles. The van der Waals surface area contributed by atoms with E-state index in [4.69, 9.17) is 5.84 Å². The van der Waals surface area contributed by atoms with Crippen molar-refractivity contribution >= 4 is 0 Å². The van der Waals surface area contributed by atoms with E-state index in [2.05, 4.69) is 40.0 Å². The van der Waals surface area contributed by atoms with Crippen molar-refractivity contribution in [3.05, 3.63) is 0 Å². The van der Waals surface area contributed by atoms with Crippen LogP contribution in [0.15, 0.2) is 0 Å². The minimum Gasteiger partial charge on any atom is -0.271 e. The first-order valence-corrected chi connectivity index (χ1v) is 5.45. The minimum absolute atomic E-state index is 0.474. The minimum atomic E-state index is 0.474. The number of nitrogens with two attached hydrogens (primary N) is 1. The van der Waals surface area contributed by atoms with Crippen molar-refractivity contribution in [2.45, 2.75) is 53.5 Å². The second-order valence-electron chi connectivity index (χ2n) is 4.85. The Morgan fingerprint density at radius 2 is 1.54 bits per heavy atom. The highest BCUT2D eigenvalue weighted by Gasteiger charge is 2.18. The first-order chi connectivity index (χ1) is 5.99. The van der Waals surface area contributed by atoms with Crippen molar-refractivity contribution < 1.29 is 0 Å². The molecule has 13 heavy (non-hydrogen) atoms. The number of hydrazine groups is 1. The van der Waals surface area contributed by atoms with Crippen LogP contribution >= 0.6 is 0 Å². The Bertz CT molecular complexity index is 121. The zero-order chi connectivity index (χ0) is 10.4. The molecule has 0 aromatic carbocycles. The molecule has 0 saturated heterocycles. The number of rotatable bonds is 6. The summed E-state index contributed by atoms with van der Waals surface area (Å²) in [6.45, 7) is 11.3. The summed E-state index contributed by atoms with van der Waals surface area (Å²) in [5, 5.41) is 0. The molecule has 0 spiro atoms. The average Bonchev–Trinajstić information content (AvgIpc) is 2.04. The molecule has 3 N–H and O–H groups in total. The molecule has 0 fully saturated rings. The lowest BCUT2D eigenvalue weighted by Crippen LogP contribution is -2.41. The van der Waals surface area contributed by atoms with Crippen LogP contribution in [-0.4, -0.2) is 6.04 Å². The standard InChI is InChI=1S/C11H26N2/c1-8(2)6-7-11(13-12)10(5)9(3)4/h8-11,13H,6-7,12H2,1-5H3. The highest BCUT2D eigenvalue weighted by Crippen LogP contribution is 2.19. The maximum absolute atomic E-state index is 5.55. The second kappa shape index (κ2) is 6.39. The van der Waals surface area contributed by atoms with Gasteiger partial charge in [0.05, 0.1) is 0 Å². The SMILES string of the molecule is CC(C)CCC(NN)C(C)C(C)C. The molecule has 2 nitrogen and oxygen atoms in total. The quantitative estimate of drug-likeness (QED) is 0.494. The Morgan fingerprint density at radius 3 is 1.85 bits per heavy atom. The zero-order valence-corrected chi connectivity index (χ0v) is 9.80. The monoisotopic (exact) mass is 186 g/mol. The van der Waals surface area contributed by atoms with Gasteiger partial charge in [0.15, 0.2) is 0 Å². The van der Waals surface area contributed by atoms with Crippen molar-refractivity contribution in [2.75, 3.05) is 0 Å². The third kappa shape index (κ3) is 5.27. The molecule has 0 rings (SSSR count). The van der Waals surface area contributed by atoms with E-state index in [-0.39, 0.29) is 0 Å². The highest BCUT2D eigenvalue weighted by atomic mass is 15.2. The first-order valence-electron chi connectivity index (χ1n) is 5.45. The lowest BCUT2D eigenvalue weighted by atomic mass is 9.87. The molecule has 0 aromatic heterocycles. The Labute approximate surface area is 83.2 Å². The first kappa shape index (κ1) is 12.9. The molecule has 0 aliphatic carbocycles. The van der Waals surface area contributed by atoms with Gasteiger partial charge in [-0.1, -0.05) is 34.6 Å². The zero-order valence-electron chi connectivity index (χ0n) is 9.80. The van der Waals surface area contributed by atoms with Crippen molar-refractivity contribution in [2.24, 2.45) is 23.6 Å². The summed E-state index contributed by atoms with van der Waals surface area (Å²) < 4.78 is 0. The van der Waals surface area contributed by atoms with Gasteiger partial charge >= 0.3 is 0 Å². The van der Waals surface area contributed by atoms with Gasteiger partial charge in [-0.3, -0.25) is 11.3 Å². The molecule has 0 saturated carbocycles. The summed E-state index contributed by atoms with van der Waals surface area (Å²) in [5.41, 5.74) is 2.94. The topological polar surface area (TPSA) is 38.0 Å². The molecule has 0 radical (unpaired) electrons. The molecule has 80 valence electrons. The largest absolute Gasteiger partial charge is 0.271 e. The van der Waals surface area contributed by atoms with Gasteiger partial charge in [0.25, 0.3) is 0 Å². The van der Waals surface area contributed by atoms with Crippen molar-refractivity contribution in [3.8, 4) is 0 Å². The second-order valence-corrected chi connectivity index (χ2v) is 4.85. The van der Waals surface area contributed by atoms with Crippen LogP contribution in [0.2, 0.25) is 0 Å². The summed E-state index contributed by atoms with van der Waals surface area (Å²) in [7, 11) is 0. The van der Waals surface area contributed by atoms with Gasteiger partial charge in [0.1, 0.15) is 0 Å².